The topological polar surface area (TPSA) is 55.1 Å². The third kappa shape index (κ3) is 3.05. The van der Waals surface area contributed by atoms with E-state index < -0.39 is 0 Å². The summed E-state index contributed by atoms with van der Waals surface area (Å²) in [6.45, 7) is 0. The van der Waals surface area contributed by atoms with E-state index in [1.807, 2.05) is 55.4 Å². The Morgan fingerprint density at radius 3 is 2.38 bits per heavy atom. The summed E-state index contributed by atoms with van der Waals surface area (Å²) in [5.41, 5.74) is 1.73. The van der Waals surface area contributed by atoms with Crippen molar-refractivity contribution >= 4 is 28.4 Å². The zero-order valence-electron chi connectivity index (χ0n) is 11.6. The Balaban J connectivity index is 1.91. The molecule has 0 atom stereocenters. The molecule has 0 saturated carbocycles. The summed E-state index contributed by atoms with van der Waals surface area (Å²) in [6, 6.07) is 11.8. The van der Waals surface area contributed by atoms with E-state index in [1.54, 1.807) is 6.20 Å². The van der Waals surface area contributed by atoms with Crippen LogP contribution in [0.2, 0.25) is 0 Å². The SMILES string of the molecule is CN(C)c1ccc(-c2nnc(-c3cccc([125I])c3)o2)cn1. The van der Waals surface area contributed by atoms with Gasteiger partial charge in [0.05, 0.1) is 5.56 Å². The predicted molar refractivity (Wildman–Crippen MR) is 90.0 cm³/mol. The van der Waals surface area contributed by atoms with Crippen molar-refractivity contribution < 1.29 is 4.42 Å². The number of anilines is 1. The van der Waals surface area contributed by atoms with Crippen molar-refractivity contribution in [3.63, 3.8) is 0 Å². The van der Waals surface area contributed by atoms with Crippen LogP contribution in [0, 0.1) is 3.57 Å². The van der Waals surface area contributed by atoms with Crippen molar-refractivity contribution in [1.82, 2.24) is 15.2 Å². The molecule has 0 bridgehead atoms. The molecule has 0 aliphatic carbocycles. The van der Waals surface area contributed by atoms with E-state index >= 15 is 0 Å². The maximum atomic E-state index is 5.73. The second-order valence-electron chi connectivity index (χ2n) is 4.72. The van der Waals surface area contributed by atoms with Crippen molar-refractivity contribution in [2.24, 2.45) is 0 Å². The van der Waals surface area contributed by atoms with Crippen molar-refractivity contribution in [2.45, 2.75) is 0 Å². The number of rotatable bonds is 3. The molecular weight excluding hydrogens is 377 g/mol. The smallest absolute Gasteiger partial charge is 0.249 e. The molecule has 0 amide bonds. The second kappa shape index (κ2) is 5.80. The summed E-state index contributed by atoms with van der Waals surface area (Å²) in [7, 11) is 3.90. The number of aromatic nitrogens is 3. The summed E-state index contributed by atoms with van der Waals surface area (Å²) in [5.74, 6) is 1.87. The van der Waals surface area contributed by atoms with Gasteiger partial charge >= 0.3 is 0 Å². The lowest BCUT2D eigenvalue weighted by Gasteiger charge is -2.10. The Hall–Kier alpha value is -1.96. The zero-order valence-corrected chi connectivity index (χ0v) is 13.8. The highest BCUT2D eigenvalue weighted by atomic mass is 125. The molecular formula is C15H13IN4O. The van der Waals surface area contributed by atoms with Crippen molar-refractivity contribution in [2.75, 3.05) is 19.0 Å². The molecule has 2 aromatic heterocycles. The number of nitrogens with zero attached hydrogens (tertiary/aromatic N) is 4. The van der Waals surface area contributed by atoms with Gasteiger partial charge < -0.3 is 9.32 Å². The molecule has 1 aromatic carbocycles. The standard InChI is InChI=1S/C15H13IN4O/c1-20(2)13-7-6-11(9-17-13)15-19-18-14(21-15)10-4-3-5-12(16)8-10/h3-9H,1-2H3/i16-2. The minimum atomic E-state index is 0.474. The van der Waals surface area contributed by atoms with Crippen LogP contribution >= 0.6 is 22.6 Å². The Kier molecular flexibility index (Phi) is 3.87. The molecule has 3 aromatic rings. The third-order valence-electron chi connectivity index (χ3n) is 2.95. The molecule has 0 aliphatic rings. The molecule has 0 aliphatic heterocycles. The van der Waals surface area contributed by atoms with Gasteiger partial charge in [-0.2, -0.15) is 0 Å². The average molecular weight is 390 g/mol. The fraction of sp³-hybridized carbons (Fsp3) is 0.133. The van der Waals surface area contributed by atoms with Crippen LogP contribution in [0.25, 0.3) is 22.9 Å². The number of pyridine rings is 1. The first-order chi connectivity index (χ1) is 10.1. The van der Waals surface area contributed by atoms with Gasteiger partial charge in [-0.15, -0.1) is 10.2 Å². The second-order valence-corrected chi connectivity index (χ2v) is 5.97. The van der Waals surface area contributed by atoms with Crippen molar-refractivity contribution in [3.8, 4) is 22.9 Å². The minimum Gasteiger partial charge on any atom is -0.416 e. The first-order valence-corrected chi connectivity index (χ1v) is 7.44. The van der Waals surface area contributed by atoms with E-state index in [4.69, 9.17) is 4.42 Å². The molecule has 0 N–H and O–H groups in total. The molecule has 0 saturated heterocycles. The van der Waals surface area contributed by atoms with E-state index in [0.717, 1.165) is 20.5 Å². The van der Waals surface area contributed by atoms with Gasteiger partial charge in [-0.3, -0.25) is 0 Å². The summed E-state index contributed by atoms with van der Waals surface area (Å²) in [6.07, 6.45) is 1.74. The van der Waals surface area contributed by atoms with Gasteiger partial charge in [0.15, 0.2) is 0 Å². The summed E-state index contributed by atoms with van der Waals surface area (Å²) < 4.78 is 6.86. The zero-order chi connectivity index (χ0) is 14.8. The van der Waals surface area contributed by atoms with Crippen LogP contribution < -0.4 is 4.90 Å². The molecule has 6 heteroatoms. The molecule has 0 fully saturated rings. The Morgan fingerprint density at radius 2 is 1.76 bits per heavy atom. The largest absolute Gasteiger partial charge is 0.416 e. The van der Waals surface area contributed by atoms with Gasteiger partial charge in [0, 0.05) is 29.4 Å². The number of benzene rings is 1. The lowest BCUT2D eigenvalue weighted by Crippen LogP contribution is -2.09. The number of hydrogen-bond acceptors (Lipinski definition) is 5. The Morgan fingerprint density at radius 1 is 1.00 bits per heavy atom. The first-order valence-electron chi connectivity index (χ1n) is 6.37. The van der Waals surface area contributed by atoms with Gasteiger partial charge in [0.25, 0.3) is 0 Å². The highest BCUT2D eigenvalue weighted by Crippen LogP contribution is 2.25. The van der Waals surface area contributed by atoms with E-state index in [9.17, 15) is 0 Å². The van der Waals surface area contributed by atoms with Gasteiger partial charge in [0.1, 0.15) is 5.82 Å². The molecule has 3 rings (SSSR count). The molecule has 106 valence electrons. The summed E-state index contributed by atoms with van der Waals surface area (Å²) in [4.78, 5) is 6.29. The van der Waals surface area contributed by atoms with Crippen LogP contribution in [-0.2, 0) is 0 Å². The van der Waals surface area contributed by atoms with Gasteiger partial charge in [-0.25, -0.2) is 4.98 Å². The lowest BCUT2D eigenvalue weighted by atomic mass is 10.2. The predicted octanol–water partition coefficient (Wildman–Crippen LogP) is 3.47. The highest BCUT2D eigenvalue weighted by molar-refractivity contribution is 14.1. The maximum Gasteiger partial charge on any atom is 0.249 e. The molecule has 0 radical (unpaired) electrons. The van der Waals surface area contributed by atoms with Gasteiger partial charge in [0.2, 0.25) is 11.8 Å². The fourth-order valence-corrected chi connectivity index (χ4v) is 2.40. The maximum absolute atomic E-state index is 5.73. The monoisotopic (exact) mass is 390 g/mol. The van der Waals surface area contributed by atoms with E-state index in [1.165, 1.54) is 0 Å². The van der Waals surface area contributed by atoms with Crippen LogP contribution in [0.4, 0.5) is 5.82 Å². The summed E-state index contributed by atoms with van der Waals surface area (Å²) >= 11 is 2.26. The molecule has 2 heterocycles. The van der Waals surface area contributed by atoms with Crippen molar-refractivity contribution in [3.05, 3.63) is 46.2 Å². The van der Waals surface area contributed by atoms with Crippen molar-refractivity contribution in [1.29, 1.82) is 0 Å². The quantitative estimate of drug-likeness (QED) is 0.642. The van der Waals surface area contributed by atoms with Crippen LogP contribution in [0.3, 0.4) is 0 Å². The van der Waals surface area contributed by atoms with Gasteiger partial charge in [-0.1, -0.05) is 6.07 Å². The van der Waals surface area contributed by atoms with E-state index in [2.05, 4.69) is 37.8 Å². The first kappa shape index (κ1) is 14.0. The van der Waals surface area contributed by atoms with Gasteiger partial charge in [-0.05, 0) is 52.9 Å². The number of halogens is 1. The molecule has 21 heavy (non-hydrogen) atoms. The summed E-state index contributed by atoms with van der Waals surface area (Å²) in [5, 5.41) is 8.20. The average Bonchev–Trinajstić information content (AvgIpc) is 2.97. The number of hydrogen-bond donors (Lipinski definition) is 0. The Labute approximate surface area is 136 Å². The van der Waals surface area contributed by atoms with Crippen LogP contribution in [0.5, 0.6) is 0 Å². The molecule has 5 nitrogen and oxygen atoms in total. The lowest BCUT2D eigenvalue weighted by molar-refractivity contribution is 0.584. The van der Waals surface area contributed by atoms with E-state index in [0.29, 0.717) is 11.8 Å². The molecule has 0 spiro atoms. The fourth-order valence-electron chi connectivity index (χ4n) is 1.86. The van der Waals surface area contributed by atoms with Crippen LogP contribution in [0.15, 0.2) is 47.0 Å². The normalized spacial score (nSPS) is 10.6. The molecule has 0 unspecified atom stereocenters. The highest BCUT2D eigenvalue weighted by Gasteiger charge is 2.11. The minimum absolute atomic E-state index is 0.474. The van der Waals surface area contributed by atoms with Crippen LogP contribution in [-0.4, -0.2) is 29.3 Å². The van der Waals surface area contributed by atoms with Crippen LogP contribution in [0.1, 0.15) is 0 Å². The third-order valence-corrected chi connectivity index (χ3v) is 3.62. The van der Waals surface area contributed by atoms with E-state index in [-0.39, 0.29) is 0 Å². The Bertz CT molecular complexity index is 752.